The first kappa shape index (κ1) is 22.1. The maximum absolute atomic E-state index is 12.3. The molecule has 0 aliphatic rings. The summed E-state index contributed by atoms with van der Waals surface area (Å²) < 4.78 is 0. The largest absolute Gasteiger partial charge is 0.352 e. The molecule has 1 amide bonds. The molecule has 0 saturated heterocycles. The molecule has 166 valence electrons. The van der Waals surface area contributed by atoms with Gasteiger partial charge in [-0.2, -0.15) is 0 Å². The van der Waals surface area contributed by atoms with Crippen LogP contribution in [0.2, 0.25) is 0 Å². The summed E-state index contributed by atoms with van der Waals surface area (Å²) in [6.07, 6.45) is 3.96. The summed E-state index contributed by atoms with van der Waals surface area (Å²) in [5.41, 5.74) is 6.69. The first-order valence-corrected chi connectivity index (χ1v) is 10.9. The minimum absolute atomic E-state index is 0.00791. The molecule has 2 aromatic heterocycles. The van der Waals surface area contributed by atoms with Crippen molar-refractivity contribution in [3.05, 3.63) is 95.8 Å². The van der Waals surface area contributed by atoms with Crippen molar-refractivity contribution in [3.8, 4) is 22.5 Å². The van der Waals surface area contributed by atoms with Gasteiger partial charge in [0.1, 0.15) is 0 Å². The number of anilines is 1. The molecular formula is C27H27N5O. The van der Waals surface area contributed by atoms with Gasteiger partial charge < -0.3 is 10.2 Å². The smallest absolute Gasteiger partial charge is 0.225 e. The molecule has 0 atom stereocenters. The van der Waals surface area contributed by atoms with Gasteiger partial charge in [-0.05, 0) is 30.2 Å². The molecule has 0 saturated carbocycles. The standard InChI is InChI=1S/C27H27N5O/c1-19-7-6-8-21(15-19)16-25(33)29-17-20-10-12-22(13-11-20)26-23(24-9-4-5-14-28-24)18-30-27(31-26)32(2)3/h4-15,18H,16-17H2,1-3H3,(H,29,33). The van der Waals surface area contributed by atoms with Crippen molar-refractivity contribution in [3.63, 3.8) is 0 Å². The molecule has 2 heterocycles. The third-order valence-electron chi connectivity index (χ3n) is 5.28. The highest BCUT2D eigenvalue weighted by Crippen LogP contribution is 2.30. The van der Waals surface area contributed by atoms with Gasteiger partial charge in [0.2, 0.25) is 11.9 Å². The van der Waals surface area contributed by atoms with Crippen LogP contribution in [0.25, 0.3) is 22.5 Å². The van der Waals surface area contributed by atoms with Crippen molar-refractivity contribution in [1.29, 1.82) is 0 Å². The van der Waals surface area contributed by atoms with Gasteiger partial charge in [0, 0.05) is 44.2 Å². The topological polar surface area (TPSA) is 71.0 Å². The number of nitrogens with one attached hydrogen (secondary N) is 1. The van der Waals surface area contributed by atoms with Crippen molar-refractivity contribution in [1.82, 2.24) is 20.3 Å². The first-order valence-electron chi connectivity index (χ1n) is 10.9. The van der Waals surface area contributed by atoms with Crippen LogP contribution in [0, 0.1) is 6.92 Å². The van der Waals surface area contributed by atoms with Gasteiger partial charge in [0.15, 0.2) is 0 Å². The Balaban J connectivity index is 1.50. The Kier molecular flexibility index (Phi) is 6.74. The minimum atomic E-state index is 0.00791. The third kappa shape index (κ3) is 5.60. The molecule has 2 aromatic carbocycles. The minimum Gasteiger partial charge on any atom is -0.352 e. The Morgan fingerprint density at radius 1 is 0.939 bits per heavy atom. The SMILES string of the molecule is Cc1cccc(CC(=O)NCc2ccc(-c3nc(N(C)C)ncc3-c3ccccn3)cc2)c1. The summed E-state index contributed by atoms with van der Waals surface area (Å²) in [5, 5.41) is 3.01. The predicted octanol–water partition coefficient (Wildman–Crippen LogP) is 4.44. The van der Waals surface area contributed by atoms with E-state index in [4.69, 9.17) is 4.98 Å². The second kappa shape index (κ2) is 10.0. The van der Waals surface area contributed by atoms with Crippen LogP contribution >= 0.6 is 0 Å². The average molecular weight is 438 g/mol. The Bertz CT molecular complexity index is 1240. The molecule has 0 spiro atoms. The number of benzene rings is 2. The lowest BCUT2D eigenvalue weighted by atomic mass is 10.0. The summed E-state index contributed by atoms with van der Waals surface area (Å²) in [7, 11) is 3.84. The number of aromatic nitrogens is 3. The summed E-state index contributed by atoms with van der Waals surface area (Å²) in [6, 6.07) is 21.9. The Labute approximate surface area is 194 Å². The lowest BCUT2D eigenvalue weighted by Gasteiger charge is -2.14. The number of pyridine rings is 1. The van der Waals surface area contributed by atoms with E-state index in [0.717, 1.165) is 39.2 Å². The van der Waals surface area contributed by atoms with Crippen LogP contribution in [0.1, 0.15) is 16.7 Å². The molecule has 0 fully saturated rings. The molecule has 0 bridgehead atoms. The maximum atomic E-state index is 12.3. The van der Waals surface area contributed by atoms with Gasteiger partial charge in [0.05, 0.1) is 17.8 Å². The van der Waals surface area contributed by atoms with E-state index < -0.39 is 0 Å². The second-order valence-corrected chi connectivity index (χ2v) is 8.18. The van der Waals surface area contributed by atoms with Gasteiger partial charge in [-0.25, -0.2) is 9.97 Å². The van der Waals surface area contributed by atoms with E-state index in [0.29, 0.717) is 18.9 Å². The summed E-state index contributed by atoms with van der Waals surface area (Å²) in [4.78, 5) is 28.0. The molecule has 33 heavy (non-hydrogen) atoms. The van der Waals surface area contributed by atoms with Crippen molar-refractivity contribution in [2.45, 2.75) is 19.9 Å². The fourth-order valence-corrected chi connectivity index (χ4v) is 3.57. The Morgan fingerprint density at radius 2 is 1.76 bits per heavy atom. The van der Waals surface area contributed by atoms with Gasteiger partial charge in [-0.3, -0.25) is 9.78 Å². The van der Waals surface area contributed by atoms with Crippen LogP contribution in [-0.2, 0) is 17.8 Å². The second-order valence-electron chi connectivity index (χ2n) is 8.18. The van der Waals surface area contributed by atoms with Gasteiger partial charge in [0.25, 0.3) is 0 Å². The molecule has 4 rings (SSSR count). The molecule has 0 aliphatic carbocycles. The van der Waals surface area contributed by atoms with Crippen molar-refractivity contribution in [2.24, 2.45) is 0 Å². The first-order chi connectivity index (χ1) is 16.0. The monoisotopic (exact) mass is 437 g/mol. The van der Waals surface area contributed by atoms with Crippen LogP contribution in [0.15, 0.2) is 79.1 Å². The summed E-state index contributed by atoms with van der Waals surface area (Å²) >= 11 is 0. The Hall–Kier alpha value is -4.06. The molecule has 0 aliphatic heterocycles. The molecule has 4 aromatic rings. The number of hydrogen-bond donors (Lipinski definition) is 1. The zero-order chi connectivity index (χ0) is 23.2. The lowest BCUT2D eigenvalue weighted by Crippen LogP contribution is -2.24. The molecule has 0 unspecified atom stereocenters. The number of carbonyl (C=O) groups excluding carboxylic acids is 1. The number of carbonyl (C=O) groups is 1. The van der Waals surface area contributed by atoms with E-state index in [2.05, 4.69) is 15.3 Å². The zero-order valence-corrected chi connectivity index (χ0v) is 19.1. The van der Waals surface area contributed by atoms with E-state index >= 15 is 0 Å². The fraction of sp³-hybridized carbons (Fsp3) is 0.185. The van der Waals surface area contributed by atoms with E-state index in [1.165, 1.54) is 0 Å². The van der Waals surface area contributed by atoms with Crippen LogP contribution in [-0.4, -0.2) is 35.0 Å². The third-order valence-corrected chi connectivity index (χ3v) is 5.28. The molecule has 6 heteroatoms. The van der Waals surface area contributed by atoms with Gasteiger partial charge in [-0.15, -0.1) is 0 Å². The highest BCUT2D eigenvalue weighted by Gasteiger charge is 2.13. The van der Waals surface area contributed by atoms with E-state index in [1.54, 1.807) is 6.20 Å². The average Bonchev–Trinajstić information content (AvgIpc) is 2.83. The number of nitrogens with zero attached hydrogens (tertiary/aromatic N) is 4. The van der Waals surface area contributed by atoms with Gasteiger partial charge in [-0.1, -0.05) is 60.2 Å². The Morgan fingerprint density at radius 3 is 2.45 bits per heavy atom. The number of aryl methyl sites for hydroxylation is 1. The van der Waals surface area contributed by atoms with E-state index in [9.17, 15) is 4.79 Å². The summed E-state index contributed by atoms with van der Waals surface area (Å²) in [6.45, 7) is 2.51. The van der Waals surface area contributed by atoms with Crippen LogP contribution in [0.3, 0.4) is 0 Å². The lowest BCUT2D eigenvalue weighted by molar-refractivity contribution is -0.120. The van der Waals surface area contributed by atoms with E-state index in [1.807, 2.05) is 98.8 Å². The van der Waals surface area contributed by atoms with Crippen molar-refractivity contribution < 1.29 is 4.79 Å². The quantitative estimate of drug-likeness (QED) is 0.463. The van der Waals surface area contributed by atoms with Crippen molar-refractivity contribution >= 4 is 11.9 Å². The number of rotatable bonds is 7. The van der Waals surface area contributed by atoms with Gasteiger partial charge >= 0.3 is 0 Å². The normalized spacial score (nSPS) is 10.6. The molecule has 6 nitrogen and oxygen atoms in total. The maximum Gasteiger partial charge on any atom is 0.225 e. The highest BCUT2D eigenvalue weighted by molar-refractivity contribution is 5.80. The summed E-state index contributed by atoms with van der Waals surface area (Å²) in [5.74, 6) is 0.644. The zero-order valence-electron chi connectivity index (χ0n) is 19.1. The highest BCUT2D eigenvalue weighted by atomic mass is 16.1. The number of amides is 1. The van der Waals surface area contributed by atoms with E-state index in [-0.39, 0.29) is 5.91 Å². The molecular weight excluding hydrogens is 410 g/mol. The van der Waals surface area contributed by atoms with Crippen molar-refractivity contribution in [2.75, 3.05) is 19.0 Å². The molecule has 0 radical (unpaired) electrons. The molecule has 1 N–H and O–H groups in total. The fourth-order valence-electron chi connectivity index (χ4n) is 3.57. The number of hydrogen-bond acceptors (Lipinski definition) is 5. The predicted molar refractivity (Wildman–Crippen MR) is 132 cm³/mol. The van der Waals surface area contributed by atoms with Crippen LogP contribution < -0.4 is 10.2 Å². The van der Waals surface area contributed by atoms with Crippen LogP contribution in [0.5, 0.6) is 0 Å². The van der Waals surface area contributed by atoms with Crippen LogP contribution in [0.4, 0.5) is 5.95 Å².